The number of carbonyl (C=O) groups is 1. The van der Waals surface area contributed by atoms with Crippen molar-refractivity contribution in [2.75, 3.05) is 5.75 Å². The van der Waals surface area contributed by atoms with Crippen LogP contribution in [0.2, 0.25) is 0 Å². The summed E-state index contributed by atoms with van der Waals surface area (Å²) in [6, 6.07) is 1.74. The summed E-state index contributed by atoms with van der Waals surface area (Å²) in [7, 11) is 0. The van der Waals surface area contributed by atoms with Crippen LogP contribution in [0.3, 0.4) is 0 Å². The van der Waals surface area contributed by atoms with Crippen molar-refractivity contribution in [3.8, 4) is 0 Å². The molecule has 1 heterocycles. The highest BCUT2D eigenvalue weighted by atomic mass is 32.1. The zero-order valence-electron chi connectivity index (χ0n) is 8.40. The average Bonchev–Trinajstić information content (AvgIpc) is 2.80. The first-order chi connectivity index (χ1) is 7.24. The normalized spacial score (nSPS) is 17.4. The lowest BCUT2D eigenvalue weighted by molar-refractivity contribution is -0.122. The smallest absolute Gasteiger partial charge is 0.220 e. The summed E-state index contributed by atoms with van der Waals surface area (Å²) in [6.45, 7) is 0.442. The number of nitrogens with one attached hydrogen (secondary N) is 1. The van der Waals surface area contributed by atoms with Gasteiger partial charge in [0.15, 0.2) is 0 Å². The fourth-order valence-electron chi connectivity index (χ4n) is 1.49. The summed E-state index contributed by atoms with van der Waals surface area (Å²) in [5, 5.41) is 6.54. The Kier molecular flexibility index (Phi) is 3.00. The maximum absolute atomic E-state index is 11.5. The van der Waals surface area contributed by atoms with Crippen molar-refractivity contribution in [1.29, 1.82) is 0 Å². The van der Waals surface area contributed by atoms with Crippen LogP contribution in [-0.2, 0) is 11.3 Å². The van der Waals surface area contributed by atoms with Crippen LogP contribution < -0.4 is 5.32 Å². The lowest BCUT2D eigenvalue weighted by atomic mass is 10.1. The van der Waals surface area contributed by atoms with Crippen LogP contribution in [0.5, 0.6) is 0 Å². The van der Waals surface area contributed by atoms with Crippen molar-refractivity contribution in [2.24, 2.45) is 5.41 Å². The molecule has 0 radical (unpaired) electrons. The van der Waals surface area contributed by atoms with E-state index < -0.39 is 0 Å². The molecule has 5 heteroatoms. The Balaban J connectivity index is 1.73. The Labute approximate surface area is 93.8 Å². The van der Waals surface area contributed by atoms with Gasteiger partial charge in [0.05, 0.1) is 6.54 Å². The monoisotopic (exact) mass is 226 g/mol. The van der Waals surface area contributed by atoms with Gasteiger partial charge in [-0.2, -0.15) is 12.6 Å². The van der Waals surface area contributed by atoms with Crippen molar-refractivity contribution in [3.05, 3.63) is 18.0 Å². The molecular weight excluding hydrogens is 212 g/mol. The molecule has 1 aliphatic rings. The van der Waals surface area contributed by atoms with E-state index in [0.29, 0.717) is 13.0 Å². The lowest BCUT2D eigenvalue weighted by Crippen LogP contribution is -2.26. The van der Waals surface area contributed by atoms with E-state index in [4.69, 9.17) is 0 Å². The van der Waals surface area contributed by atoms with E-state index in [1.54, 1.807) is 6.07 Å². The third kappa shape index (κ3) is 2.75. The Morgan fingerprint density at radius 2 is 2.47 bits per heavy atom. The molecule has 1 saturated carbocycles. The second-order valence-corrected chi connectivity index (χ2v) is 4.42. The first-order valence-corrected chi connectivity index (χ1v) is 5.64. The van der Waals surface area contributed by atoms with Gasteiger partial charge < -0.3 is 9.84 Å². The van der Waals surface area contributed by atoms with Gasteiger partial charge in [0.2, 0.25) is 5.91 Å². The molecule has 15 heavy (non-hydrogen) atoms. The number of hydrogen-bond acceptors (Lipinski definition) is 4. The van der Waals surface area contributed by atoms with Gasteiger partial charge in [-0.1, -0.05) is 5.16 Å². The van der Waals surface area contributed by atoms with Crippen LogP contribution in [0, 0.1) is 5.41 Å². The molecule has 0 aliphatic heterocycles. The van der Waals surface area contributed by atoms with Gasteiger partial charge in [0.1, 0.15) is 12.0 Å². The molecule has 0 spiro atoms. The molecule has 0 unspecified atom stereocenters. The summed E-state index contributed by atoms with van der Waals surface area (Å²) in [5.41, 5.74) is 0.927. The van der Waals surface area contributed by atoms with E-state index in [9.17, 15) is 4.79 Å². The molecule has 0 atom stereocenters. The van der Waals surface area contributed by atoms with Crippen molar-refractivity contribution in [3.63, 3.8) is 0 Å². The molecule has 1 N–H and O–H groups in total. The van der Waals surface area contributed by atoms with Gasteiger partial charge in [-0.05, 0) is 24.0 Å². The molecule has 1 aromatic heterocycles. The molecule has 1 aliphatic carbocycles. The summed E-state index contributed by atoms with van der Waals surface area (Å²) in [4.78, 5) is 11.5. The Morgan fingerprint density at radius 1 is 1.67 bits per heavy atom. The van der Waals surface area contributed by atoms with E-state index in [0.717, 1.165) is 24.3 Å². The molecule has 1 aromatic rings. The highest BCUT2D eigenvalue weighted by molar-refractivity contribution is 7.80. The van der Waals surface area contributed by atoms with Crippen LogP contribution in [-0.4, -0.2) is 16.8 Å². The predicted octanol–water partition coefficient (Wildman–Crippen LogP) is 1.39. The fourth-order valence-corrected chi connectivity index (χ4v) is 1.92. The van der Waals surface area contributed by atoms with Gasteiger partial charge >= 0.3 is 0 Å². The second-order valence-electron chi connectivity index (χ2n) is 4.10. The standard InChI is InChI=1S/C10H14N2O2S/c13-9(5-10(7-15)2-3-10)11-6-8-1-4-14-12-8/h1,4,15H,2-3,5-7H2,(H,11,13). The van der Waals surface area contributed by atoms with E-state index in [1.807, 2.05) is 0 Å². The summed E-state index contributed by atoms with van der Waals surface area (Å²) in [5.74, 6) is 0.870. The van der Waals surface area contributed by atoms with Crippen molar-refractivity contribution in [2.45, 2.75) is 25.8 Å². The Hall–Kier alpha value is -0.970. The van der Waals surface area contributed by atoms with E-state index in [1.165, 1.54) is 6.26 Å². The minimum atomic E-state index is 0.0737. The zero-order chi connectivity index (χ0) is 10.7. The Morgan fingerprint density at radius 3 is 3.00 bits per heavy atom. The van der Waals surface area contributed by atoms with Gasteiger partial charge in [-0.15, -0.1) is 0 Å². The molecular formula is C10H14N2O2S. The van der Waals surface area contributed by atoms with Gasteiger partial charge in [0.25, 0.3) is 0 Å². The van der Waals surface area contributed by atoms with E-state index in [2.05, 4.69) is 27.6 Å². The van der Waals surface area contributed by atoms with Crippen LogP contribution in [0.25, 0.3) is 0 Å². The van der Waals surface area contributed by atoms with Crippen LogP contribution in [0.1, 0.15) is 25.0 Å². The molecule has 4 nitrogen and oxygen atoms in total. The number of thiol groups is 1. The number of amides is 1. The van der Waals surface area contributed by atoms with Crippen LogP contribution in [0.15, 0.2) is 16.9 Å². The minimum Gasteiger partial charge on any atom is -0.364 e. The molecule has 1 amide bonds. The molecule has 82 valence electrons. The number of hydrogen-bond donors (Lipinski definition) is 2. The van der Waals surface area contributed by atoms with Gasteiger partial charge in [-0.25, -0.2) is 0 Å². The van der Waals surface area contributed by atoms with Gasteiger partial charge in [0, 0.05) is 12.5 Å². The lowest BCUT2D eigenvalue weighted by Gasteiger charge is -2.10. The largest absolute Gasteiger partial charge is 0.364 e. The maximum atomic E-state index is 11.5. The van der Waals surface area contributed by atoms with Crippen LogP contribution >= 0.6 is 12.6 Å². The minimum absolute atomic E-state index is 0.0737. The first-order valence-electron chi connectivity index (χ1n) is 5.01. The predicted molar refractivity (Wildman–Crippen MR) is 58.5 cm³/mol. The zero-order valence-corrected chi connectivity index (χ0v) is 9.30. The van der Waals surface area contributed by atoms with Gasteiger partial charge in [-0.3, -0.25) is 4.79 Å². The fraction of sp³-hybridized carbons (Fsp3) is 0.600. The molecule has 0 saturated heterocycles. The third-order valence-electron chi connectivity index (χ3n) is 2.79. The highest BCUT2D eigenvalue weighted by Gasteiger charge is 2.42. The number of carbonyl (C=O) groups excluding carboxylic acids is 1. The highest BCUT2D eigenvalue weighted by Crippen LogP contribution is 2.49. The quantitative estimate of drug-likeness (QED) is 0.746. The molecule has 1 fully saturated rings. The molecule has 2 rings (SSSR count). The topological polar surface area (TPSA) is 55.1 Å². The average molecular weight is 226 g/mol. The number of rotatable bonds is 5. The molecule has 0 bridgehead atoms. The number of nitrogens with zero attached hydrogens (tertiary/aromatic N) is 1. The van der Waals surface area contributed by atoms with Crippen LogP contribution in [0.4, 0.5) is 0 Å². The van der Waals surface area contributed by atoms with Crippen molar-refractivity contribution >= 4 is 18.5 Å². The first kappa shape index (κ1) is 10.5. The van der Waals surface area contributed by atoms with Crippen molar-refractivity contribution in [1.82, 2.24) is 10.5 Å². The molecule has 0 aromatic carbocycles. The van der Waals surface area contributed by atoms with Crippen molar-refractivity contribution < 1.29 is 9.32 Å². The summed E-state index contributed by atoms with van der Waals surface area (Å²) < 4.78 is 4.67. The number of aromatic nitrogens is 1. The van der Waals surface area contributed by atoms with E-state index in [-0.39, 0.29) is 11.3 Å². The SMILES string of the molecule is O=C(CC1(CS)CC1)NCc1ccon1. The summed E-state index contributed by atoms with van der Waals surface area (Å²) in [6.07, 6.45) is 4.31. The Bertz CT molecular complexity index is 333. The van der Waals surface area contributed by atoms with E-state index >= 15 is 0 Å². The maximum Gasteiger partial charge on any atom is 0.220 e. The summed E-state index contributed by atoms with van der Waals surface area (Å²) >= 11 is 4.26. The third-order valence-corrected chi connectivity index (χ3v) is 3.46. The second kappa shape index (κ2) is 4.26.